The van der Waals surface area contributed by atoms with Gasteiger partial charge in [-0.1, -0.05) is 17.7 Å². The summed E-state index contributed by atoms with van der Waals surface area (Å²) in [6.07, 6.45) is 5.97. The molecular formula is C28H35ClN4O4. The Balaban J connectivity index is 1.40. The van der Waals surface area contributed by atoms with Crippen molar-refractivity contribution in [2.75, 3.05) is 32.4 Å². The van der Waals surface area contributed by atoms with E-state index in [-0.39, 0.29) is 25.0 Å². The van der Waals surface area contributed by atoms with Crippen molar-refractivity contribution in [3.63, 3.8) is 0 Å². The first kappa shape index (κ1) is 25.8. The minimum absolute atomic E-state index is 0.114. The Hall–Kier alpha value is -2.84. The number of piperidine rings is 1. The SMILES string of the molecule is COCOc1cc(Cl)ccc1-c1cc2c(nn1)C([C@@H]1CC3CC[C@@H](C1)N3C(=O)OC(C)(C)C)=CCN2C. The second-order valence-electron chi connectivity index (χ2n) is 11.1. The van der Waals surface area contributed by atoms with Crippen LogP contribution < -0.4 is 9.64 Å². The predicted molar refractivity (Wildman–Crippen MR) is 144 cm³/mol. The standard InChI is InChI=1S/C28H35ClN4O4/c1-28(2,3)37-27(34)33-19-7-8-20(33)13-17(12-19)21-10-11-32(4)24-15-23(30-31-26(21)24)22-9-6-18(29)14-25(22)36-16-35-5/h6,9-10,14-15,17,19-20H,7-8,11-13,16H2,1-5H3/t17-,19-,20?/m0/s1. The maximum atomic E-state index is 12.9. The third-order valence-corrected chi connectivity index (χ3v) is 7.61. The largest absolute Gasteiger partial charge is 0.467 e. The Bertz CT molecular complexity index is 1200. The fraction of sp³-hybridized carbons (Fsp3) is 0.536. The monoisotopic (exact) mass is 526 g/mol. The molecule has 2 saturated heterocycles. The van der Waals surface area contributed by atoms with Gasteiger partial charge in [-0.05, 0) is 82.2 Å². The highest BCUT2D eigenvalue weighted by molar-refractivity contribution is 6.30. The summed E-state index contributed by atoms with van der Waals surface area (Å²) in [6, 6.07) is 7.95. The molecule has 1 unspecified atom stereocenters. The average Bonchev–Trinajstić information content (AvgIpc) is 3.12. The summed E-state index contributed by atoms with van der Waals surface area (Å²) in [5.41, 5.74) is 4.23. The van der Waals surface area contributed by atoms with Gasteiger partial charge in [0.2, 0.25) is 0 Å². The van der Waals surface area contributed by atoms with E-state index in [0.29, 0.717) is 16.7 Å². The van der Waals surface area contributed by atoms with E-state index < -0.39 is 5.60 Å². The van der Waals surface area contributed by atoms with E-state index >= 15 is 0 Å². The first-order valence-corrected chi connectivity index (χ1v) is 13.2. The second kappa shape index (κ2) is 10.1. The molecule has 1 aromatic carbocycles. The van der Waals surface area contributed by atoms with Crippen molar-refractivity contribution in [1.82, 2.24) is 15.1 Å². The Morgan fingerprint density at radius 3 is 2.54 bits per heavy atom. The number of benzene rings is 1. The lowest BCUT2D eigenvalue weighted by atomic mass is 9.81. The van der Waals surface area contributed by atoms with Gasteiger partial charge in [0, 0.05) is 43.4 Å². The van der Waals surface area contributed by atoms with Crippen LogP contribution in [0.2, 0.25) is 5.02 Å². The van der Waals surface area contributed by atoms with Crippen LogP contribution >= 0.6 is 11.6 Å². The second-order valence-corrected chi connectivity index (χ2v) is 11.6. The molecule has 3 aliphatic rings. The molecule has 0 aliphatic carbocycles. The van der Waals surface area contributed by atoms with E-state index in [0.717, 1.165) is 54.9 Å². The number of aromatic nitrogens is 2. The number of methoxy groups -OCH3 is 1. The minimum Gasteiger partial charge on any atom is -0.467 e. The molecule has 8 nitrogen and oxygen atoms in total. The normalized spacial score (nSPS) is 23.0. The summed E-state index contributed by atoms with van der Waals surface area (Å²) < 4.78 is 16.6. The van der Waals surface area contributed by atoms with E-state index in [1.807, 2.05) is 37.8 Å². The lowest BCUT2D eigenvalue weighted by Gasteiger charge is -2.41. The van der Waals surface area contributed by atoms with E-state index in [9.17, 15) is 4.79 Å². The zero-order valence-corrected chi connectivity index (χ0v) is 22.9. The Morgan fingerprint density at radius 1 is 1.14 bits per heavy atom. The number of allylic oxidation sites excluding steroid dienone is 1. The summed E-state index contributed by atoms with van der Waals surface area (Å²) in [6.45, 7) is 6.67. The van der Waals surface area contributed by atoms with Gasteiger partial charge in [0.05, 0.1) is 11.4 Å². The molecule has 0 radical (unpaired) electrons. The molecule has 198 valence electrons. The number of hydrogen-bond donors (Lipinski definition) is 0. The maximum Gasteiger partial charge on any atom is 0.410 e. The number of carbonyl (C=O) groups is 1. The van der Waals surface area contributed by atoms with Crippen LogP contribution in [0.4, 0.5) is 10.5 Å². The fourth-order valence-corrected chi connectivity index (χ4v) is 5.96. The van der Waals surface area contributed by atoms with Crippen molar-refractivity contribution < 1.29 is 19.0 Å². The van der Waals surface area contributed by atoms with Crippen molar-refractivity contribution in [3.8, 4) is 17.0 Å². The number of likely N-dealkylation sites (N-methyl/N-ethyl adjacent to an activating group) is 1. The van der Waals surface area contributed by atoms with Gasteiger partial charge < -0.3 is 24.0 Å². The molecule has 0 saturated carbocycles. The first-order chi connectivity index (χ1) is 17.6. The molecule has 4 heterocycles. The van der Waals surface area contributed by atoms with Gasteiger partial charge >= 0.3 is 6.09 Å². The topological polar surface area (TPSA) is 77.0 Å². The number of amides is 1. The van der Waals surface area contributed by atoms with Gasteiger partial charge in [-0.2, -0.15) is 0 Å². The van der Waals surface area contributed by atoms with Crippen molar-refractivity contribution in [2.45, 2.75) is 64.1 Å². The summed E-state index contributed by atoms with van der Waals surface area (Å²) in [5, 5.41) is 9.93. The molecule has 2 aromatic rings. The van der Waals surface area contributed by atoms with Crippen LogP contribution in [0.15, 0.2) is 30.3 Å². The molecule has 5 rings (SSSR count). The number of nitrogens with zero attached hydrogens (tertiary/aromatic N) is 4. The van der Waals surface area contributed by atoms with E-state index in [1.165, 1.54) is 5.57 Å². The summed E-state index contributed by atoms with van der Waals surface area (Å²) in [4.78, 5) is 17.1. The van der Waals surface area contributed by atoms with Crippen molar-refractivity contribution >= 4 is 29.0 Å². The Morgan fingerprint density at radius 2 is 1.86 bits per heavy atom. The van der Waals surface area contributed by atoms with Gasteiger partial charge in [0.1, 0.15) is 17.0 Å². The highest BCUT2D eigenvalue weighted by Crippen LogP contribution is 2.47. The quantitative estimate of drug-likeness (QED) is 0.456. The number of ether oxygens (including phenoxy) is 3. The zero-order chi connectivity index (χ0) is 26.3. The van der Waals surface area contributed by atoms with Crippen LogP contribution in [0.5, 0.6) is 5.75 Å². The number of hydrogen-bond acceptors (Lipinski definition) is 7. The molecule has 37 heavy (non-hydrogen) atoms. The molecule has 0 spiro atoms. The van der Waals surface area contributed by atoms with Crippen LogP contribution in [0.1, 0.15) is 52.1 Å². The molecule has 3 atom stereocenters. The highest BCUT2D eigenvalue weighted by atomic mass is 35.5. The molecule has 9 heteroatoms. The van der Waals surface area contributed by atoms with Crippen molar-refractivity contribution in [1.29, 1.82) is 0 Å². The lowest BCUT2D eigenvalue weighted by Crippen LogP contribution is -2.48. The smallest absolute Gasteiger partial charge is 0.410 e. The molecule has 3 aliphatic heterocycles. The lowest BCUT2D eigenvalue weighted by molar-refractivity contribution is 0.00489. The maximum absolute atomic E-state index is 12.9. The highest BCUT2D eigenvalue weighted by Gasteiger charge is 2.46. The Kier molecular flexibility index (Phi) is 7.07. The van der Waals surface area contributed by atoms with Gasteiger partial charge in [0.25, 0.3) is 0 Å². The van der Waals surface area contributed by atoms with Crippen LogP contribution in [0.3, 0.4) is 0 Å². The van der Waals surface area contributed by atoms with Crippen molar-refractivity contribution in [2.24, 2.45) is 5.92 Å². The molecule has 2 bridgehead atoms. The number of fused-ring (bicyclic) bond motifs is 3. The number of carbonyl (C=O) groups excluding carboxylic acids is 1. The van der Waals surface area contributed by atoms with Gasteiger partial charge in [-0.15, -0.1) is 10.2 Å². The Labute approximate surface area is 223 Å². The molecule has 1 amide bonds. The van der Waals surface area contributed by atoms with Crippen LogP contribution in [-0.4, -0.2) is 66.4 Å². The van der Waals surface area contributed by atoms with Gasteiger partial charge in [-0.3, -0.25) is 0 Å². The molecule has 1 aromatic heterocycles. The summed E-state index contributed by atoms with van der Waals surface area (Å²) >= 11 is 6.21. The van der Waals surface area contributed by atoms with Crippen LogP contribution in [0.25, 0.3) is 16.8 Å². The molecule has 2 fully saturated rings. The summed E-state index contributed by atoms with van der Waals surface area (Å²) in [5.74, 6) is 0.934. The first-order valence-electron chi connectivity index (χ1n) is 12.9. The van der Waals surface area contributed by atoms with Crippen molar-refractivity contribution in [3.05, 3.63) is 41.1 Å². The minimum atomic E-state index is -0.491. The average molecular weight is 527 g/mol. The third-order valence-electron chi connectivity index (χ3n) is 7.37. The van der Waals surface area contributed by atoms with E-state index in [4.69, 9.17) is 30.9 Å². The third kappa shape index (κ3) is 5.27. The molecular weight excluding hydrogens is 492 g/mol. The van der Waals surface area contributed by atoms with Crippen LogP contribution in [-0.2, 0) is 9.47 Å². The molecule has 0 N–H and O–H groups in total. The number of rotatable bonds is 5. The van der Waals surface area contributed by atoms with Gasteiger partial charge in [0.15, 0.2) is 6.79 Å². The van der Waals surface area contributed by atoms with Gasteiger partial charge in [-0.25, -0.2) is 4.79 Å². The zero-order valence-electron chi connectivity index (χ0n) is 22.2. The fourth-order valence-electron chi connectivity index (χ4n) is 5.79. The predicted octanol–water partition coefficient (Wildman–Crippen LogP) is 5.79. The number of anilines is 1. The van der Waals surface area contributed by atoms with Crippen LogP contribution in [0, 0.1) is 5.92 Å². The van der Waals surface area contributed by atoms with E-state index in [1.54, 1.807) is 13.2 Å². The summed E-state index contributed by atoms with van der Waals surface area (Å²) in [7, 11) is 3.65. The number of halogens is 1. The van der Waals surface area contributed by atoms with E-state index in [2.05, 4.69) is 29.2 Å².